The maximum absolute atomic E-state index is 11.9. The molecule has 0 saturated heterocycles. The standard InChI is InChI=1S/C9H16N4O/c1-6(2)9(3,4)7(14)5-8-10-12-13-11-8/h6H,5H2,1-4H3,(H,10,11,12,13). The quantitative estimate of drug-likeness (QED) is 0.779. The van der Waals surface area contributed by atoms with E-state index >= 15 is 0 Å². The second kappa shape index (κ2) is 3.86. The van der Waals surface area contributed by atoms with E-state index in [4.69, 9.17) is 0 Å². The summed E-state index contributed by atoms with van der Waals surface area (Å²) in [5.74, 6) is 0.916. The molecule has 14 heavy (non-hydrogen) atoms. The van der Waals surface area contributed by atoms with Crippen molar-refractivity contribution in [1.82, 2.24) is 20.6 Å². The van der Waals surface area contributed by atoms with E-state index in [-0.39, 0.29) is 17.6 Å². The van der Waals surface area contributed by atoms with Gasteiger partial charge in [-0.05, 0) is 5.92 Å². The zero-order valence-electron chi connectivity index (χ0n) is 9.03. The largest absolute Gasteiger partial charge is 0.299 e. The van der Waals surface area contributed by atoms with Gasteiger partial charge in [-0.3, -0.25) is 4.79 Å². The average molecular weight is 196 g/mol. The second-order valence-electron chi connectivity index (χ2n) is 4.30. The lowest BCUT2D eigenvalue weighted by molar-refractivity contribution is -0.128. The third-order valence-electron chi connectivity index (χ3n) is 2.87. The Hall–Kier alpha value is -1.26. The predicted octanol–water partition coefficient (Wildman–Crippen LogP) is 0.993. The summed E-state index contributed by atoms with van der Waals surface area (Å²) in [6.07, 6.45) is 0.252. The molecule has 0 aromatic carbocycles. The monoisotopic (exact) mass is 196 g/mol. The Balaban J connectivity index is 2.67. The number of hydrogen-bond acceptors (Lipinski definition) is 4. The lowest BCUT2D eigenvalue weighted by Crippen LogP contribution is -2.31. The molecule has 1 aromatic rings. The molecule has 0 bridgehead atoms. The van der Waals surface area contributed by atoms with Gasteiger partial charge in [0.1, 0.15) is 5.78 Å². The van der Waals surface area contributed by atoms with Crippen LogP contribution in [-0.2, 0) is 11.2 Å². The van der Waals surface area contributed by atoms with Gasteiger partial charge in [0.25, 0.3) is 0 Å². The van der Waals surface area contributed by atoms with Gasteiger partial charge in [0.05, 0.1) is 6.42 Å². The number of tetrazole rings is 1. The fourth-order valence-corrected chi connectivity index (χ4v) is 0.951. The van der Waals surface area contributed by atoms with E-state index in [9.17, 15) is 4.79 Å². The number of carbonyl (C=O) groups excluding carboxylic acids is 1. The Kier molecular flexibility index (Phi) is 2.98. The van der Waals surface area contributed by atoms with Gasteiger partial charge in [0.15, 0.2) is 5.82 Å². The van der Waals surface area contributed by atoms with Crippen molar-refractivity contribution in [1.29, 1.82) is 0 Å². The van der Waals surface area contributed by atoms with Crippen LogP contribution in [0.25, 0.3) is 0 Å². The van der Waals surface area contributed by atoms with Gasteiger partial charge >= 0.3 is 0 Å². The number of aromatic amines is 1. The molecular formula is C9H16N4O. The summed E-state index contributed by atoms with van der Waals surface area (Å²) in [5, 5.41) is 13.3. The number of nitrogens with zero attached hydrogens (tertiary/aromatic N) is 3. The lowest BCUT2D eigenvalue weighted by atomic mass is 9.76. The highest BCUT2D eigenvalue weighted by molar-refractivity contribution is 5.85. The SMILES string of the molecule is CC(C)C(C)(C)C(=O)Cc1nn[nH]n1. The van der Waals surface area contributed by atoms with Gasteiger partial charge in [-0.25, -0.2) is 0 Å². The summed E-state index contributed by atoms with van der Waals surface area (Å²) >= 11 is 0. The highest BCUT2D eigenvalue weighted by Crippen LogP contribution is 2.27. The molecule has 1 aromatic heterocycles. The van der Waals surface area contributed by atoms with Gasteiger partial charge in [-0.15, -0.1) is 10.2 Å². The maximum atomic E-state index is 11.9. The van der Waals surface area contributed by atoms with Crippen LogP contribution in [0.5, 0.6) is 0 Å². The minimum Gasteiger partial charge on any atom is -0.299 e. The molecule has 1 rings (SSSR count). The van der Waals surface area contributed by atoms with Crippen molar-refractivity contribution in [3.8, 4) is 0 Å². The summed E-state index contributed by atoms with van der Waals surface area (Å²) in [5.41, 5.74) is -0.333. The maximum Gasteiger partial charge on any atom is 0.181 e. The lowest BCUT2D eigenvalue weighted by Gasteiger charge is -2.26. The molecule has 0 atom stereocenters. The van der Waals surface area contributed by atoms with Crippen LogP contribution in [0.1, 0.15) is 33.5 Å². The van der Waals surface area contributed by atoms with Gasteiger partial charge in [-0.2, -0.15) is 5.21 Å². The number of aromatic nitrogens is 4. The Morgan fingerprint density at radius 3 is 2.57 bits per heavy atom. The van der Waals surface area contributed by atoms with Crippen LogP contribution < -0.4 is 0 Å². The van der Waals surface area contributed by atoms with Crippen molar-refractivity contribution in [3.63, 3.8) is 0 Å². The zero-order chi connectivity index (χ0) is 10.8. The minimum absolute atomic E-state index is 0.147. The summed E-state index contributed by atoms with van der Waals surface area (Å²) in [6.45, 7) is 7.96. The van der Waals surface area contributed by atoms with E-state index < -0.39 is 0 Å². The summed E-state index contributed by atoms with van der Waals surface area (Å²) in [7, 11) is 0. The molecule has 0 spiro atoms. The van der Waals surface area contributed by atoms with E-state index in [1.165, 1.54) is 0 Å². The zero-order valence-corrected chi connectivity index (χ0v) is 9.03. The van der Waals surface area contributed by atoms with Gasteiger partial charge in [-0.1, -0.05) is 32.9 Å². The number of ketones is 1. The number of carbonyl (C=O) groups is 1. The first-order valence-electron chi connectivity index (χ1n) is 4.70. The van der Waals surface area contributed by atoms with Crippen LogP contribution in [0.4, 0.5) is 0 Å². The summed E-state index contributed by atoms with van der Waals surface area (Å²) in [4.78, 5) is 11.9. The Morgan fingerprint density at radius 2 is 2.14 bits per heavy atom. The topological polar surface area (TPSA) is 71.5 Å². The Bertz CT molecular complexity index is 303. The van der Waals surface area contributed by atoms with Crippen molar-refractivity contribution in [2.45, 2.75) is 34.1 Å². The smallest absolute Gasteiger partial charge is 0.181 e. The number of Topliss-reactive ketones (excluding diaryl/α,β-unsaturated/α-hetero) is 1. The molecule has 1 N–H and O–H groups in total. The fraction of sp³-hybridized carbons (Fsp3) is 0.778. The molecule has 78 valence electrons. The van der Waals surface area contributed by atoms with Crippen LogP contribution in [0, 0.1) is 11.3 Å². The van der Waals surface area contributed by atoms with Crippen molar-refractivity contribution in [2.24, 2.45) is 11.3 Å². The summed E-state index contributed by atoms with van der Waals surface area (Å²) < 4.78 is 0. The van der Waals surface area contributed by atoms with Crippen molar-refractivity contribution in [2.75, 3.05) is 0 Å². The van der Waals surface area contributed by atoms with E-state index in [1.54, 1.807) is 0 Å². The van der Waals surface area contributed by atoms with Gasteiger partial charge in [0.2, 0.25) is 0 Å². The van der Waals surface area contributed by atoms with Crippen LogP contribution in [0.2, 0.25) is 0 Å². The fourth-order valence-electron chi connectivity index (χ4n) is 0.951. The van der Waals surface area contributed by atoms with Crippen LogP contribution in [-0.4, -0.2) is 26.4 Å². The molecule has 0 unspecified atom stereocenters. The Labute approximate surface area is 83.3 Å². The highest BCUT2D eigenvalue weighted by Gasteiger charge is 2.31. The second-order valence-corrected chi connectivity index (χ2v) is 4.30. The van der Waals surface area contributed by atoms with Crippen LogP contribution in [0.3, 0.4) is 0 Å². The number of hydrogen-bond donors (Lipinski definition) is 1. The third kappa shape index (κ3) is 2.16. The first-order chi connectivity index (χ1) is 6.44. The molecule has 0 aliphatic rings. The van der Waals surface area contributed by atoms with Gasteiger partial charge in [0, 0.05) is 5.41 Å². The first kappa shape index (κ1) is 10.8. The summed E-state index contributed by atoms with van der Waals surface area (Å²) in [6, 6.07) is 0. The molecule has 5 nitrogen and oxygen atoms in total. The van der Waals surface area contributed by atoms with E-state index in [1.807, 2.05) is 27.7 Å². The highest BCUT2D eigenvalue weighted by atomic mass is 16.1. The predicted molar refractivity (Wildman–Crippen MR) is 51.5 cm³/mol. The molecule has 1 heterocycles. The number of nitrogens with one attached hydrogen (secondary N) is 1. The van der Waals surface area contributed by atoms with E-state index in [2.05, 4.69) is 20.6 Å². The first-order valence-corrected chi connectivity index (χ1v) is 4.70. The van der Waals surface area contributed by atoms with Crippen LogP contribution in [0.15, 0.2) is 0 Å². The van der Waals surface area contributed by atoms with Crippen molar-refractivity contribution >= 4 is 5.78 Å². The van der Waals surface area contributed by atoms with Gasteiger partial charge < -0.3 is 0 Å². The average Bonchev–Trinajstić information content (AvgIpc) is 2.56. The molecule has 0 aliphatic heterocycles. The van der Waals surface area contributed by atoms with Crippen molar-refractivity contribution < 1.29 is 4.79 Å². The number of rotatable bonds is 4. The molecule has 0 amide bonds. The molecule has 0 saturated carbocycles. The normalized spacial score (nSPS) is 12.1. The third-order valence-corrected chi connectivity index (χ3v) is 2.87. The van der Waals surface area contributed by atoms with Crippen LogP contribution >= 0.6 is 0 Å². The van der Waals surface area contributed by atoms with E-state index in [0.29, 0.717) is 11.7 Å². The molecule has 0 fully saturated rings. The molecular weight excluding hydrogens is 180 g/mol. The molecule has 5 heteroatoms. The number of H-pyrrole nitrogens is 1. The molecule has 0 radical (unpaired) electrons. The van der Waals surface area contributed by atoms with Crippen molar-refractivity contribution in [3.05, 3.63) is 5.82 Å². The minimum atomic E-state index is -0.333. The Morgan fingerprint density at radius 1 is 1.50 bits per heavy atom. The molecule has 0 aliphatic carbocycles. The van der Waals surface area contributed by atoms with E-state index in [0.717, 1.165) is 0 Å².